The molecule has 1 heterocycles. The molecule has 0 saturated heterocycles. The normalized spacial score (nSPS) is 15.6. The molecule has 0 fully saturated rings. The van der Waals surface area contributed by atoms with Gasteiger partial charge in [0.25, 0.3) is 0 Å². The van der Waals surface area contributed by atoms with E-state index in [1.165, 1.54) is 6.92 Å². The molecule has 4 nitrogen and oxygen atoms in total. The standard InChI is InChI=1S/C20H19BrN2O2/c1-13-11-16(7-8-18(13)21)22-20(25)12-19-17-6-4-3-5-15(17)9-10-23(19)14(2)24/h3-11,19H,12H2,1-2H3,(H,22,25)/t19-/m1/s1. The van der Waals surface area contributed by atoms with Crippen molar-refractivity contribution < 1.29 is 9.59 Å². The van der Waals surface area contributed by atoms with Gasteiger partial charge in [-0.25, -0.2) is 0 Å². The van der Waals surface area contributed by atoms with Crippen molar-refractivity contribution in [3.63, 3.8) is 0 Å². The number of aryl methyl sites for hydroxylation is 1. The maximum atomic E-state index is 12.6. The van der Waals surface area contributed by atoms with Gasteiger partial charge in [-0.2, -0.15) is 0 Å². The molecule has 0 unspecified atom stereocenters. The van der Waals surface area contributed by atoms with Gasteiger partial charge < -0.3 is 10.2 Å². The Morgan fingerprint density at radius 3 is 2.68 bits per heavy atom. The molecule has 0 spiro atoms. The van der Waals surface area contributed by atoms with Crippen molar-refractivity contribution in [3.8, 4) is 0 Å². The fraction of sp³-hybridized carbons (Fsp3) is 0.200. The highest BCUT2D eigenvalue weighted by Gasteiger charge is 2.28. The highest BCUT2D eigenvalue weighted by atomic mass is 79.9. The Morgan fingerprint density at radius 2 is 1.96 bits per heavy atom. The SMILES string of the molecule is CC(=O)N1C=Cc2ccccc2[C@H]1CC(=O)Nc1ccc(Br)c(C)c1. The Hall–Kier alpha value is -2.40. The number of benzene rings is 2. The van der Waals surface area contributed by atoms with Gasteiger partial charge in [0.2, 0.25) is 11.8 Å². The molecule has 0 aliphatic carbocycles. The maximum absolute atomic E-state index is 12.6. The molecule has 2 aromatic rings. The van der Waals surface area contributed by atoms with Gasteiger partial charge in [-0.15, -0.1) is 0 Å². The van der Waals surface area contributed by atoms with Crippen LogP contribution in [-0.2, 0) is 9.59 Å². The third kappa shape index (κ3) is 3.82. The Bertz CT molecular complexity index is 861. The topological polar surface area (TPSA) is 49.4 Å². The smallest absolute Gasteiger partial charge is 0.226 e. The van der Waals surface area contributed by atoms with Crippen LogP contribution < -0.4 is 5.32 Å². The van der Waals surface area contributed by atoms with Crippen molar-refractivity contribution in [3.05, 3.63) is 69.8 Å². The number of hydrogen-bond acceptors (Lipinski definition) is 2. The first-order chi connectivity index (χ1) is 12.0. The fourth-order valence-electron chi connectivity index (χ4n) is 3.02. The molecule has 1 aliphatic heterocycles. The van der Waals surface area contributed by atoms with E-state index in [9.17, 15) is 9.59 Å². The number of amides is 2. The predicted molar refractivity (Wildman–Crippen MR) is 103 cm³/mol. The Kier molecular flexibility index (Phi) is 5.04. The van der Waals surface area contributed by atoms with Crippen LogP contribution in [0.1, 0.15) is 36.1 Å². The van der Waals surface area contributed by atoms with Crippen molar-refractivity contribution in [1.82, 2.24) is 4.90 Å². The Morgan fingerprint density at radius 1 is 1.20 bits per heavy atom. The second-order valence-corrected chi connectivity index (χ2v) is 6.96. The molecule has 1 N–H and O–H groups in total. The monoisotopic (exact) mass is 398 g/mol. The van der Waals surface area contributed by atoms with Crippen LogP contribution in [0.15, 0.2) is 53.1 Å². The number of anilines is 1. The Labute approximate surface area is 155 Å². The lowest BCUT2D eigenvalue weighted by molar-refractivity contribution is -0.129. The Balaban J connectivity index is 1.81. The zero-order valence-electron chi connectivity index (χ0n) is 14.1. The van der Waals surface area contributed by atoms with Gasteiger partial charge >= 0.3 is 0 Å². The lowest BCUT2D eigenvalue weighted by Crippen LogP contribution is -2.33. The number of carbonyl (C=O) groups excluding carboxylic acids is 2. The molecule has 0 bridgehead atoms. The average Bonchev–Trinajstić information content (AvgIpc) is 2.58. The van der Waals surface area contributed by atoms with Gasteiger partial charge in [-0.1, -0.05) is 40.2 Å². The number of nitrogens with one attached hydrogen (secondary N) is 1. The number of nitrogens with zero attached hydrogens (tertiary/aromatic N) is 1. The summed E-state index contributed by atoms with van der Waals surface area (Å²) in [5, 5.41) is 2.93. The summed E-state index contributed by atoms with van der Waals surface area (Å²) in [6.45, 7) is 3.49. The third-order valence-corrected chi connectivity index (χ3v) is 5.18. The molecule has 128 valence electrons. The van der Waals surface area contributed by atoms with Crippen molar-refractivity contribution in [2.75, 3.05) is 5.32 Å². The van der Waals surface area contributed by atoms with Crippen LogP contribution in [0.2, 0.25) is 0 Å². The highest BCUT2D eigenvalue weighted by Crippen LogP contribution is 2.33. The van der Waals surface area contributed by atoms with Gasteiger partial charge in [0.05, 0.1) is 12.5 Å². The van der Waals surface area contributed by atoms with Crippen molar-refractivity contribution >= 4 is 39.5 Å². The molecular formula is C20H19BrN2O2. The minimum absolute atomic E-state index is 0.0805. The van der Waals surface area contributed by atoms with Gasteiger partial charge in [0.1, 0.15) is 0 Å². The zero-order chi connectivity index (χ0) is 18.0. The van der Waals surface area contributed by atoms with E-state index in [0.29, 0.717) is 0 Å². The lowest BCUT2D eigenvalue weighted by Gasteiger charge is -2.32. The molecule has 0 saturated carbocycles. The van der Waals surface area contributed by atoms with Crippen LogP contribution in [0, 0.1) is 6.92 Å². The summed E-state index contributed by atoms with van der Waals surface area (Å²) in [5.41, 5.74) is 3.83. The molecule has 0 radical (unpaired) electrons. The number of carbonyl (C=O) groups is 2. The summed E-state index contributed by atoms with van der Waals surface area (Å²) in [6.07, 6.45) is 3.87. The highest BCUT2D eigenvalue weighted by molar-refractivity contribution is 9.10. The third-order valence-electron chi connectivity index (χ3n) is 4.29. The number of rotatable bonds is 3. The molecule has 3 rings (SSSR count). The van der Waals surface area contributed by atoms with E-state index in [4.69, 9.17) is 0 Å². The van der Waals surface area contributed by atoms with E-state index < -0.39 is 0 Å². The molecule has 5 heteroatoms. The predicted octanol–water partition coefficient (Wildman–Crippen LogP) is 4.66. The van der Waals surface area contributed by atoms with Crippen molar-refractivity contribution in [1.29, 1.82) is 0 Å². The van der Waals surface area contributed by atoms with E-state index in [1.807, 2.05) is 55.5 Å². The molecule has 1 atom stereocenters. The summed E-state index contributed by atoms with van der Waals surface area (Å²) in [4.78, 5) is 26.2. The van der Waals surface area contributed by atoms with Crippen LogP contribution in [0.4, 0.5) is 5.69 Å². The van der Waals surface area contributed by atoms with Crippen molar-refractivity contribution in [2.24, 2.45) is 0 Å². The summed E-state index contributed by atoms with van der Waals surface area (Å²) in [7, 11) is 0. The molecular weight excluding hydrogens is 380 g/mol. The van der Waals surface area contributed by atoms with Gasteiger partial charge in [-0.05, 0) is 47.9 Å². The second-order valence-electron chi connectivity index (χ2n) is 6.10. The number of hydrogen-bond donors (Lipinski definition) is 1. The molecule has 2 amide bonds. The summed E-state index contributed by atoms with van der Waals surface area (Å²) >= 11 is 3.45. The molecule has 0 aromatic heterocycles. The first-order valence-corrected chi connectivity index (χ1v) is 8.87. The van der Waals surface area contributed by atoms with Gasteiger partial charge in [0, 0.05) is 23.3 Å². The lowest BCUT2D eigenvalue weighted by atomic mass is 9.93. The van der Waals surface area contributed by atoms with Crippen molar-refractivity contribution in [2.45, 2.75) is 26.3 Å². The zero-order valence-corrected chi connectivity index (χ0v) is 15.7. The first kappa shape index (κ1) is 17.4. The van der Waals surface area contributed by atoms with Crippen LogP contribution in [0.3, 0.4) is 0 Å². The maximum Gasteiger partial charge on any atom is 0.226 e. The largest absolute Gasteiger partial charge is 0.326 e. The summed E-state index contributed by atoms with van der Waals surface area (Å²) in [5.74, 6) is -0.203. The second kappa shape index (κ2) is 7.23. The van der Waals surface area contributed by atoms with Crippen LogP contribution in [0.25, 0.3) is 6.08 Å². The fourth-order valence-corrected chi connectivity index (χ4v) is 3.27. The minimum Gasteiger partial charge on any atom is -0.326 e. The van der Waals surface area contributed by atoms with Crippen LogP contribution in [-0.4, -0.2) is 16.7 Å². The van der Waals surface area contributed by atoms with E-state index in [0.717, 1.165) is 26.9 Å². The van der Waals surface area contributed by atoms with Gasteiger partial charge in [-0.3, -0.25) is 9.59 Å². The van der Waals surface area contributed by atoms with E-state index in [-0.39, 0.29) is 24.3 Å². The average molecular weight is 399 g/mol. The number of halogens is 1. The molecule has 25 heavy (non-hydrogen) atoms. The van der Waals surface area contributed by atoms with E-state index in [2.05, 4.69) is 21.2 Å². The van der Waals surface area contributed by atoms with Gasteiger partial charge in [0.15, 0.2) is 0 Å². The molecule has 1 aliphatic rings. The van der Waals surface area contributed by atoms with E-state index in [1.54, 1.807) is 11.1 Å². The first-order valence-electron chi connectivity index (χ1n) is 8.08. The van der Waals surface area contributed by atoms with Crippen LogP contribution in [0.5, 0.6) is 0 Å². The minimum atomic E-state index is -0.296. The van der Waals surface area contributed by atoms with Crippen LogP contribution >= 0.6 is 15.9 Å². The van der Waals surface area contributed by atoms with E-state index >= 15 is 0 Å². The summed E-state index contributed by atoms with van der Waals surface area (Å²) in [6, 6.07) is 13.2. The number of fused-ring (bicyclic) bond motifs is 1. The summed E-state index contributed by atoms with van der Waals surface area (Å²) < 4.78 is 1.000. The molecule has 2 aromatic carbocycles. The quantitative estimate of drug-likeness (QED) is 0.816.